The second kappa shape index (κ2) is 7.61. The Labute approximate surface area is 119 Å². The molecule has 0 aliphatic rings. The lowest BCUT2D eigenvalue weighted by atomic mass is 9.92. The normalized spacial score (nSPS) is 14.0. The third-order valence-corrected chi connectivity index (χ3v) is 4.56. The number of halogens is 3. The fraction of sp³-hybridized carbons (Fsp3) is 1.00. The smallest absolute Gasteiger partial charge is 0.383 e. The number of alkyl halides is 3. The first-order chi connectivity index (χ1) is 8.87. The van der Waals surface area contributed by atoms with E-state index in [9.17, 15) is 21.6 Å². The van der Waals surface area contributed by atoms with Crippen molar-refractivity contribution in [2.45, 2.75) is 39.8 Å². The van der Waals surface area contributed by atoms with Crippen molar-refractivity contribution in [3.05, 3.63) is 0 Å². The van der Waals surface area contributed by atoms with Crippen LogP contribution in [0.5, 0.6) is 0 Å². The van der Waals surface area contributed by atoms with Crippen molar-refractivity contribution >= 4 is 10.0 Å². The molecule has 0 saturated heterocycles. The van der Waals surface area contributed by atoms with Crippen molar-refractivity contribution in [1.82, 2.24) is 4.31 Å². The first-order valence-corrected chi connectivity index (χ1v) is 8.02. The average Bonchev–Trinajstić information content (AvgIpc) is 2.24. The van der Waals surface area contributed by atoms with Gasteiger partial charge in [0.25, 0.3) is 0 Å². The van der Waals surface area contributed by atoms with Crippen LogP contribution in [0.3, 0.4) is 0 Å². The zero-order valence-corrected chi connectivity index (χ0v) is 13.3. The standard InChI is InChI=1S/C12H24F3NO3S/c1-11(2,3)5-7-16(8-9-19-4)20(17,18)10-6-12(13,14)15/h5-10H2,1-4H3. The molecule has 0 unspecified atom stereocenters. The second-order valence-corrected chi connectivity index (χ2v) is 7.97. The van der Waals surface area contributed by atoms with Crippen LogP contribution in [0.1, 0.15) is 33.6 Å². The first-order valence-electron chi connectivity index (χ1n) is 6.41. The molecule has 122 valence electrons. The summed E-state index contributed by atoms with van der Waals surface area (Å²) in [6, 6.07) is 0. The Hall–Kier alpha value is -0.340. The fourth-order valence-electron chi connectivity index (χ4n) is 1.42. The third-order valence-electron chi connectivity index (χ3n) is 2.69. The summed E-state index contributed by atoms with van der Waals surface area (Å²) in [6.45, 7) is 6.28. The first kappa shape index (κ1) is 19.7. The zero-order chi connectivity index (χ0) is 16.0. The van der Waals surface area contributed by atoms with E-state index in [1.165, 1.54) is 7.11 Å². The highest BCUT2D eigenvalue weighted by molar-refractivity contribution is 7.89. The Bertz CT molecular complexity index is 374. The molecule has 0 radical (unpaired) electrons. The van der Waals surface area contributed by atoms with Crippen LogP contribution in [-0.4, -0.2) is 51.5 Å². The molecule has 0 amide bonds. The monoisotopic (exact) mass is 319 g/mol. The number of sulfonamides is 1. The molecule has 0 fully saturated rings. The summed E-state index contributed by atoms with van der Waals surface area (Å²) in [6.07, 6.45) is -5.22. The van der Waals surface area contributed by atoms with Crippen molar-refractivity contribution in [2.75, 3.05) is 32.6 Å². The lowest BCUT2D eigenvalue weighted by molar-refractivity contribution is -0.130. The Balaban J connectivity index is 4.73. The maximum atomic E-state index is 12.2. The van der Waals surface area contributed by atoms with Crippen molar-refractivity contribution in [1.29, 1.82) is 0 Å². The molecule has 0 spiro atoms. The van der Waals surface area contributed by atoms with Gasteiger partial charge in [-0.05, 0) is 11.8 Å². The highest BCUT2D eigenvalue weighted by Gasteiger charge is 2.32. The highest BCUT2D eigenvalue weighted by atomic mass is 32.2. The minimum atomic E-state index is -4.47. The number of methoxy groups -OCH3 is 1. The lowest BCUT2D eigenvalue weighted by Gasteiger charge is -2.26. The van der Waals surface area contributed by atoms with Crippen LogP contribution in [0.2, 0.25) is 0 Å². The molecule has 8 heteroatoms. The summed E-state index contributed by atoms with van der Waals surface area (Å²) < 4.78 is 66.4. The summed E-state index contributed by atoms with van der Waals surface area (Å²) in [5.74, 6) is -0.912. The largest absolute Gasteiger partial charge is 0.390 e. The maximum Gasteiger partial charge on any atom is 0.390 e. The molecule has 0 atom stereocenters. The summed E-state index contributed by atoms with van der Waals surface area (Å²) in [5.41, 5.74) is -0.0924. The van der Waals surface area contributed by atoms with Gasteiger partial charge in [0, 0.05) is 20.2 Å². The molecule has 0 N–H and O–H groups in total. The van der Waals surface area contributed by atoms with E-state index >= 15 is 0 Å². The van der Waals surface area contributed by atoms with Crippen LogP contribution in [0.15, 0.2) is 0 Å². The van der Waals surface area contributed by atoms with Crippen molar-refractivity contribution in [3.63, 3.8) is 0 Å². The average molecular weight is 319 g/mol. The van der Waals surface area contributed by atoms with Gasteiger partial charge in [0.05, 0.1) is 18.8 Å². The SMILES string of the molecule is COCCN(CCC(C)(C)C)S(=O)(=O)CCC(F)(F)F. The van der Waals surface area contributed by atoms with Gasteiger partial charge in [0.1, 0.15) is 0 Å². The predicted octanol–water partition coefficient (Wildman–Crippen LogP) is 2.65. The molecule has 0 aromatic rings. The van der Waals surface area contributed by atoms with Crippen molar-refractivity contribution < 1.29 is 26.3 Å². The third kappa shape index (κ3) is 9.55. The molecule has 4 nitrogen and oxygen atoms in total. The molecule has 0 aliphatic heterocycles. The van der Waals surface area contributed by atoms with Crippen LogP contribution in [0.25, 0.3) is 0 Å². The van der Waals surface area contributed by atoms with E-state index in [1.807, 2.05) is 20.8 Å². The molecule has 20 heavy (non-hydrogen) atoms. The van der Waals surface area contributed by atoms with Crippen LogP contribution in [0, 0.1) is 5.41 Å². The number of ether oxygens (including phenoxy) is 1. The van der Waals surface area contributed by atoms with Gasteiger partial charge >= 0.3 is 6.18 Å². The Morgan fingerprint density at radius 2 is 1.60 bits per heavy atom. The highest BCUT2D eigenvalue weighted by Crippen LogP contribution is 2.23. The van der Waals surface area contributed by atoms with Gasteiger partial charge < -0.3 is 4.74 Å². The maximum absolute atomic E-state index is 12.2. The van der Waals surface area contributed by atoms with Gasteiger partial charge in [-0.3, -0.25) is 0 Å². The summed E-state index contributed by atoms with van der Waals surface area (Å²) in [7, 11) is -2.50. The molecular weight excluding hydrogens is 295 g/mol. The van der Waals surface area contributed by atoms with E-state index in [0.29, 0.717) is 6.42 Å². The second-order valence-electron chi connectivity index (χ2n) is 5.88. The van der Waals surface area contributed by atoms with E-state index in [-0.39, 0.29) is 25.1 Å². The number of nitrogens with zero attached hydrogens (tertiary/aromatic N) is 1. The topological polar surface area (TPSA) is 46.6 Å². The summed E-state index contributed by atoms with van der Waals surface area (Å²) in [5, 5.41) is 0. The molecule has 0 bridgehead atoms. The van der Waals surface area contributed by atoms with Gasteiger partial charge in [0.2, 0.25) is 10.0 Å². The molecule has 0 aromatic heterocycles. The summed E-state index contributed by atoms with van der Waals surface area (Å²) >= 11 is 0. The van der Waals surface area contributed by atoms with E-state index in [2.05, 4.69) is 0 Å². The molecule has 0 aromatic carbocycles. The van der Waals surface area contributed by atoms with Crippen LogP contribution in [0.4, 0.5) is 13.2 Å². The Kier molecular flexibility index (Phi) is 7.48. The summed E-state index contributed by atoms with van der Waals surface area (Å²) in [4.78, 5) is 0. The van der Waals surface area contributed by atoms with Gasteiger partial charge in [0.15, 0.2) is 0 Å². The number of hydrogen-bond donors (Lipinski definition) is 0. The van der Waals surface area contributed by atoms with E-state index in [1.54, 1.807) is 0 Å². The van der Waals surface area contributed by atoms with Gasteiger partial charge in [-0.15, -0.1) is 0 Å². The van der Waals surface area contributed by atoms with Crippen LogP contribution >= 0.6 is 0 Å². The molecule has 0 rings (SSSR count). The Morgan fingerprint density at radius 1 is 1.05 bits per heavy atom. The van der Waals surface area contributed by atoms with Crippen molar-refractivity contribution in [3.8, 4) is 0 Å². The van der Waals surface area contributed by atoms with Gasteiger partial charge in [-0.2, -0.15) is 17.5 Å². The number of hydrogen-bond acceptors (Lipinski definition) is 3. The van der Waals surface area contributed by atoms with E-state index in [4.69, 9.17) is 4.74 Å². The van der Waals surface area contributed by atoms with Gasteiger partial charge in [-0.1, -0.05) is 20.8 Å². The van der Waals surface area contributed by atoms with Crippen molar-refractivity contribution in [2.24, 2.45) is 5.41 Å². The van der Waals surface area contributed by atoms with E-state index in [0.717, 1.165) is 4.31 Å². The van der Waals surface area contributed by atoms with Gasteiger partial charge in [-0.25, -0.2) is 8.42 Å². The molecular formula is C12H24F3NO3S. The van der Waals surface area contributed by atoms with Crippen LogP contribution < -0.4 is 0 Å². The zero-order valence-electron chi connectivity index (χ0n) is 12.5. The lowest BCUT2D eigenvalue weighted by Crippen LogP contribution is -2.38. The van der Waals surface area contributed by atoms with E-state index < -0.39 is 28.4 Å². The quantitative estimate of drug-likeness (QED) is 0.691. The Morgan fingerprint density at radius 3 is 2.00 bits per heavy atom. The molecule has 0 heterocycles. The minimum Gasteiger partial charge on any atom is -0.383 e. The number of rotatable bonds is 8. The fourth-order valence-corrected chi connectivity index (χ4v) is 2.89. The predicted molar refractivity (Wildman–Crippen MR) is 72.0 cm³/mol. The molecule has 0 aliphatic carbocycles. The minimum absolute atomic E-state index is 0.0762. The molecule has 0 saturated carbocycles. The van der Waals surface area contributed by atoms with Crippen LogP contribution in [-0.2, 0) is 14.8 Å².